The summed E-state index contributed by atoms with van der Waals surface area (Å²) in [5.74, 6) is 1.28. The topological polar surface area (TPSA) is 44.5 Å². The number of nitrogens with two attached hydrogens (primary N) is 1. The van der Waals surface area contributed by atoms with Crippen molar-refractivity contribution in [2.75, 3.05) is 5.73 Å². The number of rotatable bonds is 5. The van der Waals surface area contributed by atoms with Crippen molar-refractivity contribution >= 4 is 5.69 Å². The number of hydrogen-bond acceptors (Lipinski definition) is 3. The molecule has 0 unspecified atom stereocenters. The molecule has 134 valence electrons. The summed E-state index contributed by atoms with van der Waals surface area (Å²) in [6, 6.07) is 34.1. The third kappa shape index (κ3) is 4.79. The van der Waals surface area contributed by atoms with Gasteiger partial charge in [0, 0.05) is 25.2 Å². The van der Waals surface area contributed by atoms with Gasteiger partial charge in [-0.1, -0.05) is 36.4 Å². The normalized spacial score (nSPS) is 10.0. The molecule has 0 fully saturated rings. The standard InChI is InChI=1S/C24H18NO2.Zn/c25-22-12-6-19(7-13-22)21-10-16-24(17-11-21)27-26-23-14-8-20(9-15-23)18-4-2-1-3-5-18;/h2-17H,25H2;/q-1;. The second-order valence-corrected chi connectivity index (χ2v) is 6.13. The van der Waals surface area contributed by atoms with Crippen LogP contribution in [0.3, 0.4) is 0 Å². The molecule has 4 aromatic carbocycles. The molecular weight excluding hydrogens is 400 g/mol. The van der Waals surface area contributed by atoms with Crippen LogP contribution in [-0.2, 0) is 19.5 Å². The maximum Gasteiger partial charge on any atom is 0.178 e. The number of benzene rings is 4. The molecule has 0 aliphatic carbocycles. The molecule has 0 saturated carbocycles. The van der Waals surface area contributed by atoms with Gasteiger partial charge < -0.3 is 5.73 Å². The monoisotopic (exact) mass is 416 g/mol. The fraction of sp³-hybridized carbons (Fsp3) is 0. The van der Waals surface area contributed by atoms with E-state index in [1.807, 2.05) is 97.1 Å². The van der Waals surface area contributed by atoms with Crippen LogP contribution < -0.4 is 15.5 Å². The van der Waals surface area contributed by atoms with E-state index in [9.17, 15) is 0 Å². The van der Waals surface area contributed by atoms with Gasteiger partial charge in [-0.25, -0.2) is 0 Å². The Bertz CT molecular complexity index is 999. The van der Waals surface area contributed by atoms with Crippen molar-refractivity contribution in [2.45, 2.75) is 0 Å². The fourth-order valence-corrected chi connectivity index (χ4v) is 2.76. The van der Waals surface area contributed by atoms with Gasteiger partial charge >= 0.3 is 0 Å². The van der Waals surface area contributed by atoms with Crippen molar-refractivity contribution in [3.8, 4) is 33.8 Å². The molecule has 0 heterocycles. The van der Waals surface area contributed by atoms with Crippen LogP contribution in [-0.4, -0.2) is 0 Å². The van der Waals surface area contributed by atoms with Crippen molar-refractivity contribution in [3.63, 3.8) is 0 Å². The van der Waals surface area contributed by atoms with E-state index in [2.05, 4.69) is 6.07 Å². The van der Waals surface area contributed by atoms with Crippen LogP contribution in [0.15, 0.2) is 97.1 Å². The van der Waals surface area contributed by atoms with Crippen molar-refractivity contribution < 1.29 is 29.3 Å². The zero-order chi connectivity index (χ0) is 18.5. The molecule has 0 amide bonds. The van der Waals surface area contributed by atoms with E-state index in [1.54, 1.807) is 0 Å². The van der Waals surface area contributed by atoms with E-state index in [0.29, 0.717) is 11.5 Å². The zero-order valence-electron chi connectivity index (χ0n) is 15.3. The molecule has 4 rings (SSSR count). The van der Waals surface area contributed by atoms with Gasteiger partial charge in [0.2, 0.25) is 0 Å². The van der Waals surface area contributed by atoms with E-state index in [4.69, 9.17) is 15.5 Å². The molecule has 0 aliphatic rings. The van der Waals surface area contributed by atoms with Crippen LogP contribution in [0.4, 0.5) is 5.69 Å². The molecular formula is C24H18NO2Zn-. The van der Waals surface area contributed by atoms with Crippen LogP contribution in [0.5, 0.6) is 11.5 Å². The minimum Gasteiger partial charge on any atom is -0.399 e. The van der Waals surface area contributed by atoms with Crippen molar-refractivity contribution in [1.29, 1.82) is 0 Å². The Hall–Kier alpha value is -3.10. The first-order valence-electron chi connectivity index (χ1n) is 8.65. The summed E-state index contributed by atoms with van der Waals surface area (Å²) >= 11 is 0. The summed E-state index contributed by atoms with van der Waals surface area (Å²) in [6.45, 7) is 0. The second-order valence-electron chi connectivity index (χ2n) is 6.13. The minimum absolute atomic E-state index is 0. The molecule has 0 radical (unpaired) electrons. The van der Waals surface area contributed by atoms with Crippen molar-refractivity contribution in [2.24, 2.45) is 0 Å². The van der Waals surface area contributed by atoms with Crippen LogP contribution >= 0.6 is 0 Å². The van der Waals surface area contributed by atoms with Crippen molar-refractivity contribution in [1.82, 2.24) is 0 Å². The maximum atomic E-state index is 5.73. The first-order valence-corrected chi connectivity index (χ1v) is 8.65. The summed E-state index contributed by atoms with van der Waals surface area (Å²) in [5, 5.41) is 0. The molecule has 0 bridgehead atoms. The van der Waals surface area contributed by atoms with E-state index in [0.717, 1.165) is 27.9 Å². The fourth-order valence-electron chi connectivity index (χ4n) is 2.76. The summed E-state index contributed by atoms with van der Waals surface area (Å²) in [6.07, 6.45) is 0. The largest absolute Gasteiger partial charge is 0.399 e. The van der Waals surface area contributed by atoms with Crippen LogP contribution in [0.2, 0.25) is 0 Å². The van der Waals surface area contributed by atoms with Gasteiger partial charge in [-0.15, -0.1) is 5.56 Å². The van der Waals surface area contributed by atoms with E-state index < -0.39 is 0 Å². The Morgan fingerprint density at radius 2 is 0.857 bits per heavy atom. The molecule has 0 atom stereocenters. The average Bonchev–Trinajstić information content (AvgIpc) is 2.74. The molecule has 3 nitrogen and oxygen atoms in total. The van der Waals surface area contributed by atoms with Gasteiger partial charge in [-0.3, -0.25) is 9.78 Å². The number of hydrogen-bond donors (Lipinski definition) is 1. The number of anilines is 1. The van der Waals surface area contributed by atoms with Gasteiger partial charge in [0.15, 0.2) is 11.5 Å². The summed E-state index contributed by atoms with van der Waals surface area (Å²) in [4.78, 5) is 10.8. The Morgan fingerprint density at radius 3 is 1.29 bits per heavy atom. The van der Waals surface area contributed by atoms with Gasteiger partial charge in [0.25, 0.3) is 0 Å². The van der Waals surface area contributed by atoms with Crippen LogP contribution in [0.1, 0.15) is 0 Å². The first kappa shape index (κ1) is 19.7. The Balaban J connectivity index is 0.00000225. The molecule has 4 heteroatoms. The second kappa shape index (κ2) is 9.21. The summed E-state index contributed by atoms with van der Waals surface area (Å²) in [5.41, 5.74) is 10.9. The molecule has 0 aliphatic heterocycles. The Kier molecular flexibility index (Phi) is 6.46. The molecule has 0 spiro atoms. The smallest absolute Gasteiger partial charge is 0.178 e. The quantitative estimate of drug-likeness (QED) is 0.147. The maximum absolute atomic E-state index is 5.73. The third-order valence-electron chi connectivity index (χ3n) is 4.24. The van der Waals surface area contributed by atoms with E-state index in [1.165, 1.54) is 0 Å². The third-order valence-corrected chi connectivity index (χ3v) is 4.24. The average molecular weight is 418 g/mol. The van der Waals surface area contributed by atoms with Crippen molar-refractivity contribution in [3.05, 3.63) is 103 Å². The van der Waals surface area contributed by atoms with E-state index in [-0.39, 0.29) is 19.5 Å². The van der Waals surface area contributed by atoms with Gasteiger partial charge in [0.05, 0.1) is 0 Å². The number of nitrogen functional groups attached to an aromatic ring is 1. The summed E-state index contributed by atoms with van der Waals surface area (Å²) in [7, 11) is 0. The Labute approximate surface area is 177 Å². The summed E-state index contributed by atoms with van der Waals surface area (Å²) < 4.78 is 0. The zero-order valence-corrected chi connectivity index (χ0v) is 18.3. The van der Waals surface area contributed by atoms with E-state index >= 15 is 0 Å². The van der Waals surface area contributed by atoms with Crippen LogP contribution in [0.25, 0.3) is 22.3 Å². The molecule has 0 saturated heterocycles. The predicted molar refractivity (Wildman–Crippen MR) is 108 cm³/mol. The Morgan fingerprint density at radius 1 is 0.500 bits per heavy atom. The predicted octanol–water partition coefficient (Wildman–Crippen LogP) is 5.77. The van der Waals surface area contributed by atoms with Gasteiger partial charge in [-0.05, 0) is 53.1 Å². The van der Waals surface area contributed by atoms with Gasteiger partial charge in [0.1, 0.15) is 0 Å². The SMILES string of the molecule is Nc1ccc(-c2ccc(OOc3ccc(-c4cc[c-]cc4)cc3)cc2)cc1.[Zn]. The molecule has 4 aromatic rings. The first-order chi connectivity index (χ1) is 13.3. The minimum atomic E-state index is 0. The molecule has 0 aromatic heterocycles. The van der Waals surface area contributed by atoms with Gasteiger partial charge in [-0.2, -0.15) is 30.3 Å². The van der Waals surface area contributed by atoms with Crippen LogP contribution in [0, 0.1) is 6.07 Å². The molecule has 28 heavy (non-hydrogen) atoms. The molecule has 2 N–H and O–H groups in total.